The first-order valence-electron chi connectivity index (χ1n) is 6.72. The Balaban J connectivity index is 2.21. The first-order chi connectivity index (χ1) is 9.31. The summed E-state index contributed by atoms with van der Waals surface area (Å²) in [5, 5.41) is 9.45. The van der Waals surface area contributed by atoms with Gasteiger partial charge in [-0.2, -0.15) is 0 Å². The zero-order valence-electron chi connectivity index (χ0n) is 11.7. The fourth-order valence-electron chi connectivity index (χ4n) is 3.03. The summed E-state index contributed by atoms with van der Waals surface area (Å²) in [6, 6.07) is 3.11. The lowest BCUT2D eigenvalue weighted by molar-refractivity contribution is -0.151. The average Bonchev–Trinajstić information content (AvgIpc) is 2.32. The topological polar surface area (TPSA) is 40.5 Å². The van der Waals surface area contributed by atoms with Crippen LogP contribution in [0.15, 0.2) is 18.2 Å². The molecular weight excluding hydrogens is 264 g/mol. The van der Waals surface area contributed by atoms with Gasteiger partial charge in [-0.05, 0) is 42.5 Å². The Morgan fingerprint density at radius 2 is 2.10 bits per heavy atom. The molecule has 1 aromatic carbocycles. The monoisotopic (exact) mass is 283 g/mol. The molecule has 0 spiro atoms. The first kappa shape index (κ1) is 14.9. The quantitative estimate of drug-likeness (QED) is 0.927. The molecule has 1 aromatic rings. The molecule has 0 bridgehead atoms. The lowest BCUT2D eigenvalue weighted by Crippen LogP contribution is -2.53. The van der Waals surface area contributed by atoms with Crippen molar-refractivity contribution in [2.45, 2.75) is 39.3 Å². The number of halogens is 2. The van der Waals surface area contributed by atoms with E-state index in [1.165, 1.54) is 6.07 Å². The summed E-state index contributed by atoms with van der Waals surface area (Å²) in [6.45, 7) is 4.84. The maximum atomic E-state index is 13.2. The minimum atomic E-state index is -0.898. The number of hydrogen-bond acceptors (Lipinski definition) is 2. The molecule has 1 fully saturated rings. The predicted molar refractivity (Wildman–Crippen MR) is 71.2 cm³/mol. The van der Waals surface area contributed by atoms with Crippen LogP contribution in [-0.2, 0) is 11.3 Å². The molecule has 1 unspecified atom stereocenters. The third-order valence-electron chi connectivity index (χ3n) is 3.98. The lowest BCUT2D eigenvalue weighted by Gasteiger charge is -2.44. The number of piperidine rings is 1. The number of likely N-dealkylation sites (tertiary alicyclic amines) is 1. The first-order valence-corrected chi connectivity index (χ1v) is 6.72. The second-order valence-corrected chi connectivity index (χ2v) is 6.05. The van der Waals surface area contributed by atoms with E-state index in [2.05, 4.69) is 0 Å². The average molecular weight is 283 g/mol. The highest BCUT2D eigenvalue weighted by Gasteiger charge is 2.42. The Morgan fingerprint density at radius 1 is 1.40 bits per heavy atom. The second kappa shape index (κ2) is 5.48. The van der Waals surface area contributed by atoms with Crippen molar-refractivity contribution < 1.29 is 18.7 Å². The standard InChI is InChI=1S/C15H19F2NO2/c1-15(2)6-3-7-18(13(15)14(19)20)9-10-4-5-11(16)12(17)8-10/h4-5,8,13H,3,6-7,9H2,1-2H3,(H,19,20). The summed E-state index contributed by atoms with van der Waals surface area (Å²) >= 11 is 0. The molecule has 1 aliphatic rings. The van der Waals surface area contributed by atoms with Crippen molar-refractivity contribution in [1.29, 1.82) is 0 Å². The van der Waals surface area contributed by atoms with Gasteiger partial charge in [0.15, 0.2) is 11.6 Å². The van der Waals surface area contributed by atoms with Gasteiger partial charge in [0, 0.05) is 6.54 Å². The van der Waals surface area contributed by atoms with Crippen molar-refractivity contribution >= 4 is 5.97 Å². The minimum Gasteiger partial charge on any atom is -0.480 e. The van der Waals surface area contributed by atoms with E-state index >= 15 is 0 Å². The summed E-state index contributed by atoms with van der Waals surface area (Å²) in [6.07, 6.45) is 1.75. The largest absolute Gasteiger partial charge is 0.480 e. The van der Waals surface area contributed by atoms with Crippen molar-refractivity contribution in [3.8, 4) is 0 Å². The molecule has 1 N–H and O–H groups in total. The van der Waals surface area contributed by atoms with E-state index in [0.717, 1.165) is 25.0 Å². The van der Waals surface area contributed by atoms with Gasteiger partial charge in [0.2, 0.25) is 0 Å². The molecule has 2 rings (SSSR count). The van der Waals surface area contributed by atoms with Crippen LogP contribution in [0.25, 0.3) is 0 Å². The number of nitrogens with zero attached hydrogens (tertiary/aromatic N) is 1. The smallest absolute Gasteiger partial charge is 0.321 e. The van der Waals surface area contributed by atoms with Crippen molar-refractivity contribution in [3.63, 3.8) is 0 Å². The Bertz CT molecular complexity index is 517. The normalized spacial score (nSPS) is 22.7. The molecule has 0 saturated carbocycles. The highest BCUT2D eigenvalue weighted by Crippen LogP contribution is 2.36. The maximum absolute atomic E-state index is 13.2. The molecule has 1 aliphatic heterocycles. The van der Waals surface area contributed by atoms with Gasteiger partial charge >= 0.3 is 5.97 Å². The van der Waals surface area contributed by atoms with Crippen LogP contribution in [0.4, 0.5) is 8.78 Å². The number of carboxylic acids is 1. The zero-order chi connectivity index (χ0) is 14.9. The molecule has 110 valence electrons. The lowest BCUT2D eigenvalue weighted by atomic mass is 9.76. The van der Waals surface area contributed by atoms with Crippen LogP contribution in [0.1, 0.15) is 32.3 Å². The number of rotatable bonds is 3. The van der Waals surface area contributed by atoms with Gasteiger partial charge in [0.1, 0.15) is 6.04 Å². The molecule has 1 saturated heterocycles. The van der Waals surface area contributed by atoms with Crippen LogP contribution in [-0.4, -0.2) is 28.6 Å². The number of hydrogen-bond donors (Lipinski definition) is 1. The summed E-state index contributed by atoms with van der Waals surface area (Å²) in [5.41, 5.74) is 0.260. The van der Waals surface area contributed by atoms with Gasteiger partial charge < -0.3 is 5.11 Å². The maximum Gasteiger partial charge on any atom is 0.321 e. The highest BCUT2D eigenvalue weighted by molar-refractivity contribution is 5.74. The SMILES string of the molecule is CC1(C)CCCN(Cc2ccc(F)c(F)c2)C1C(=O)O. The van der Waals surface area contributed by atoms with E-state index < -0.39 is 23.6 Å². The van der Waals surface area contributed by atoms with E-state index in [-0.39, 0.29) is 5.41 Å². The molecule has 1 atom stereocenters. The highest BCUT2D eigenvalue weighted by atomic mass is 19.2. The number of aliphatic carboxylic acids is 1. The van der Waals surface area contributed by atoms with Crippen molar-refractivity contribution in [3.05, 3.63) is 35.4 Å². The Kier molecular flexibility index (Phi) is 4.09. The second-order valence-electron chi connectivity index (χ2n) is 6.05. The van der Waals surface area contributed by atoms with E-state index in [4.69, 9.17) is 0 Å². The molecule has 0 radical (unpaired) electrons. The van der Waals surface area contributed by atoms with Crippen LogP contribution in [0, 0.1) is 17.0 Å². The fourth-order valence-corrected chi connectivity index (χ4v) is 3.03. The van der Waals surface area contributed by atoms with Crippen molar-refractivity contribution in [2.75, 3.05) is 6.54 Å². The summed E-state index contributed by atoms with van der Waals surface area (Å²) < 4.78 is 26.2. The van der Waals surface area contributed by atoms with Gasteiger partial charge in [-0.1, -0.05) is 19.9 Å². The van der Waals surface area contributed by atoms with Crippen molar-refractivity contribution in [2.24, 2.45) is 5.41 Å². The van der Waals surface area contributed by atoms with Crippen LogP contribution in [0.3, 0.4) is 0 Å². The van der Waals surface area contributed by atoms with Crippen molar-refractivity contribution in [1.82, 2.24) is 4.90 Å². The van der Waals surface area contributed by atoms with Gasteiger partial charge in [-0.25, -0.2) is 8.78 Å². The van der Waals surface area contributed by atoms with Gasteiger partial charge in [0.05, 0.1) is 0 Å². The van der Waals surface area contributed by atoms with E-state index in [0.29, 0.717) is 18.7 Å². The molecule has 0 amide bonds. The van der Waals surface area contributed by atoms with Crippen LogP contribution >= 0.6 is 0 Å². The molecule has 5 heteroatoms. The Hall–Kier alpha value is -1.49. The van der Waals surface area contributed by atoms with Gasteiger partial charge in [-0.15, -0.1) is 0 Å². The van der Waals surface area contributed by atoms with E-state index in [9.17, 15) is 18.7 Å². The summed E-state index contributed by atoms with van der Waals surface area (Å²) in [7, 11) is 0. The van der Waals surface area contributed by atoms with Gasteiger partial charge in [0.25, 0.3) is 0 Å². The molecule has 0 aliphatic carbocycles. The Labute approximate surface area is 117 Å². The molecule has 1 heterocycles. The fraction of sp³-hybridized carbons (Fsp3) is 0.533. The molecule has 0 aromatic heterocycles. The van der Waals surface area contributed by atoms with E-state index in [1.807, 2.05) is 18.7 Å². The van der Waals surface area contributed by atoms with Gasteiger partial charge in [-0.3, -0.25) is 9.69 Å². The number of benzene rings is 1. The predicted octanol–water partition coefficient (Wildman–Crippen LogP) is 3.04. The van der Waals surface area contributed by atoms with Crippen LogP contribution in [0.5, 0.6) is 0 Å². The molecular formula is C15H19F2NO2. The van der Waals surface area contributed by atoms with Crippen LogP contribution in [0.2, 0.25) is 0 Å². The van der Waals surface area contributed by atoms with Crippen LogP contribution < -0.4 is 0 Å². The van der Waals surface area contributed by atoms with E-state index in [1.54, 1.807) is 0 Å². The summed E-state index contributed by atoms with van der Waals surface area (Å²) in [4.78, 5) is 13.3. The summed E-state index contributed by atoms with van der Waals surface area (Å²) in [5.74, 6) is -2.65. The molecule has 20 heavy (non-hydrogen) atoms. The number of carbonyl (C=O) groups is 1. The zero-order valence-corrected chi connectivity index (χ0v) is 11.7. The third-order valence-corrected chi connectivity index (χ3v) is 3.98. The molecule has 3 nitrogen and oxygen atoms in total. The Morgan fingerprint density at radius 3 is 2.70 bits per heavy atom. The number of carboxylic acid groups (broad SMARTS) is 1. The minimum absolute atomic E-state index is 0.317. The third kappa shape index (κ3) is 2.98.